The molecule has 0 bridgehead atoms. The van der Waals surface area contributed by atoms with Crippen LogP contribution in [0.4, 0.5) is 0 Å². The van der Waals surface area contributed by atoms with Gasteiger partial charge in [0.1, 0.15) is 5.75 Å². The summed E-state index contributed by atoms with van der Waals surface area (Å²) in [4.78, 5) is 2.97. The van der Waals surface area contributed by atoms with Crippen molar-refractivity contribution in [1.29, 1.82) is 0 Å². The Balaban J connectivity index is 2.95. The summed E-state index contributed by atoms with van der Waals surface area (Å²) < 4.78 is 10.1. The second-order valence-electron chi connectivity index (χ2n) is 3.07. The number of nitrogens with two attached hydrogens (primary N) is 1. The summed E-state index contributed by atoms with van der Waals surface area (Å²) in [6.45, 7) is 2.20. The van der Waals surface area contributed by atoms with Crippen molar-refractivity contribution in [2.45, 2.75) is 13.2 Å². The van der Waals surface area contributed by atoms with Crippen LogP contribution in [0.15, 0.2) is 24.5 Å². The van der Waals surface area contributed by atoms with Gasteiger partial charge in [0.05, 0.1) is 18.7 Å². The molecule has 88 valence electrons. The van der Waals surface area contributed by atoms with Gasteiger partial charge >= 0.3 is 0 Å². The molecular weight excluding hydrogens is 208 g/mol. The second kappa shape index (κ2) is 6.09. The molecule has 1 heterocycles. The van der Waals surface area contributed by atoms with Crippen LogP contribution in [0.3, 0.4) is 0 Å². The first kappa shape index (κ1) is 12.5. The highest BCUT2D eigenvalue weighted by Gasteiger charge is 2.18. The minimum Gasteiger partial charge on any atom is -0.496 e. The van der Waals surface area contributed by atoms with Gasteiger partial charge in [0.2, 0.25) is 5.69 Å². The van der Waals surface area contributed by atoms with Gasteiger partial charge in [-0.25, -0.2) is 4.98 Å². The lowest BCUT2D eigenvalue weighted by molar-refractivity contribution is -0.383. The van der Waals surface area contributed by atoms with Crippen LogP contribution >= 0.6 is 0 Å². The monoisotopic (exact) mass is 225 g/mol. The third kappa shape index (κ3) is 2.95. The first-order valence-corrected chi connectivity index (χ1v) is 5.00. The first-order chi connectivity index (χ1) is 7.72. The van der Waals surface area contributed by atoms with E-state index in [1.165, 1.54) is 6.20 Å². The Morgan fingerprint density at radius 3 is 3.00 bits per heavy atom. The standard InChI is InChI=1S/C11H16N2O3/c1-3-16-11(14)9(7-12)10-6-8(15-2)4-5-13-10/h4-7,11,14H,3,12H2,1-2H3/p+1. The van der Waals surface area contributed by atoms with Gasteiger partial charge in [-0.2, -0.15) is 0 Å². The highest BCUT2D eigenvalue weighted by atomic mass is 16.6. The van der Waals surface area contributed by atoms with E-state index in [0.717, 1.165) is 0 Å². The molecule has 0 saturated carbocycles. The smallest absolute Gasteiger partial charge is 0.217 e. The number of nitrogens with one attached hydrogen (secondary N) is 1. The van der Waals surface area contributed by atoms with Crippen molar-refractivity contribution in [3.05, 3.63) is 30.2 Å². The number of ether oxygens (including phenoxy) is 2. The molecule has 1 aromatic rings. The Hall–Kier alpha value is -1.59. The topological polar surface area (TPSA) is 78.9 Å². The van der Waals surface area contributed by atoms with Gasteiger partial charge in [-0.05, 0) is 6.92 Å². The number of H-pyrrole nitrogens is 1. The minimum atomic E-state index is -1.04. The molecule has 1 rings (SSSR count). The minimum absolute atomic E-state index is 0.405. The number of aromatic nitrogens is 1. The summed E-state index contributed by atoms with van der Waals surface area (Å²) in [5.41, 5.74) is 6.59. The van der Waals surface area contributed by atoms with Crippen molar-refractivity contribution in [1.82, 2.24) is 0 Å². The Morgan fingerprint density at radius 2 is 2.44 bits per heavy atom. The van der Waals surface area contributed by atoms with E-state index in [0.29, 0.717) is 23.6 Å². The Kier molecular flexibility index (Phi) is 4.75. The molecule has 1 atom stereocenters. The second-order valence-corrected chi connectivity index (χ2v) is 3.07. The fourth-order valence-electron chi connectivity index (χ4n) is 1.29. The molecule has 0 radical (unpaired) electrons. The number of pyridine rings is 1. The molecule has 0 aromatic carbocycles. The average Bonchev–Trinajstić information content (AvgIpc) is 2.31. The maximum absolute atomic E-state index is 9.69. The van der Waals surface area contributed by atoms with Crippen molar-refractivity contribution >= 4 is 5.57 Å². The zero-order valence-electron chi connectivity index (χ0n) is 9.43. The van der Waals surface area contributed by atoms with Crippen LogP contribution in [0.1, 0.15) is 12.6 Å². The zero-order valence-corrected chi connectivity index (χ0v) is 9.43. The number of aliphatic hydroxyl groups excluding tert-OH is 1. The number of hydrogen-bond acceptors (Lipinski definition) is 4. The molecule has 0 amide bonds. The first-order valence-electron chi connectivity index (χ1n) is 5.00. The van der Waals surface area contributed by atoms with Gasteiger partial charge in [0.25, 0.3) is 0 Å². The van der Waals surface area contributed by atoms with Crippen LogP contribution in [0.2, 0.25) is 0 Å². The number of aliphatic hydroxyl groups is 1. The summed E-state index contributed by atoms with van der Waals surface area (Å²) in [6.07, 6.45) is 1.97. The van der Waals surface area contributed by atoms with Crippen LogP contribution < -0.4 is 15.5 Å². The van der Waals surface area contributed by atoms with Crippen molar-refractivity contribution < 1.29 is 19.6 Å². The van der Waals surface area contributed by atoms with Crippen LogP contribution in [0, 0.1) is 0 Å². The van der Waals surface area contributed by atoms with E-state index in [9.17, 15) is 5.11 Å². The molecular formula is C11H17N2O3+. The maximum Gasteiger partial charge on any atom is 0.217 e. The average molecular weight is 225 g/mol. The molecule has 4 N–H and O–H groups in total. The van der Waals surface area contributed by atoms with Gasteiger partial charge in [-0.15, -0.1) is 0 Å². The summed E-state index contributed by atoms with van der Waals surface area (Å²) in [6, 6.07) is 3.51. The fraction of sp³-hybridized carbons (Fsp3) is 0.364. The predicted octanol–water partition coefficient (Wildman–Crippen LogP) is 0.164. The molecule has 0 spiro atoms. The number of hydrogen-bond donors (Lipinski definition) is 2. The van der Waals surface area contributed by atoms with Crippen molar-refractivity contribution in [3.63, 3.8) is 0 Å². The highest BCUT2D eigenvalue weighted by molar-refractivity contribution is 5.63. The summed E-state index contributed by atoms with van der Waals surface area (Å²) >= 11 is 0. The van der Waals surface area contributed by atoms with Crippen molar-refractivity contribution in [3.8, 4) is 5.75 Å². The largest absolute Gasteiger partial charge is 0.496 e. The molecule has 0 aliphatic rings. The third-order valence-corrected chi connectivity index (χ3v) is 2.09. The van der Waals surface area contributed by atoms with Gasteiger partial charge in [0, 0.05) is 18.9 Å². The van der Waals surface area contributed by atoms with Crippen molar-refractivity contribution in [2.24, 2.45) is 5.73 Å². The van der Waals surface area contributed by atoms with E-state index < -0.39 is 6.29 Å². The lowest BCUT2D eigenvalue weighted by atomic mass is 10.1. The molecule has 5 nitrogen and oxygen atoms in total. The molecule has 1 unspecified atom stereocenters. The van der Waals surface area contributed by atoms with E-state index in [4.69, 9.17) is 15.2 Å². The fourth-order valence-corrected chi connectivity index (χ4v) is 1.29. The zero-order chi connectivity index (χ0) is 12.0. The van der Waals surface area contributed by atoms with E-state index >= 15 is 0 Å². The van der Waals surface area contributed by atoms with E-state index in [1.807, 2.05) is 0 Å². The lowest BCUT2D eigenvalue weighted by Gasteiger charge is -2.11. The van der Waals surface area contributed by atoms with E-state index in [2.05, 4.69) is 4.98 Å². The molecule has 0 aliphatic heterocycles. The highest BCUT2D eigenvalue weighted by Crippen LogP contribution is 2.18. The molecule has 0 aliphatic carbocycles. The van der Waals surface area contributed by atoms with Crippen LogP contribution in [-0.2, 0) is 4.74 Å². The third-order valence-electron chi connectivity index (χ3n) is 2.09. The summed E-state index contributed by atoms with van der Waals surface area (Å²) in [5.74, 6) is 0.678. The van der Waals surface area contributed by atoms with E-state index in [1.54, 1.807) is 32.4 Å². The van der Waals surface area contributed by atoms with Gasteiger partial charge in [-0.1, -0.05) is 0 Å². The molecule has 5 heteroatoms. The SMILES string of the molecule is CCOC(O)C(=CN)c1cc(OC)cc[nH+]1. The van der Waals surface area contributed by atoms with Gasteiger partial charge in [-0.3, -0.25) is 0 Å². The normalized spacial score (nSPS) is 13.6. The molecule has 0 fully saturated rings. The Morgan fingerprint density at radius 1 is 1.69 bits per heavy atom. The molecule has 0 saturated heterocycles. The maximum atomic E-state index is 9.69. The molecule has 1 aromatic heterocycles. The van der Waals surface area contributed by atoms with E-state index in [-0.39, 0.29) is 0 Å². The number of rotatable bonds is 5. The quantitative estimate of drug-likeness (QED) is 0.700. The Bertz CT molecular complexity index is 366. The number of aromatic amines is 1. The number of methoxy groups -OCH3 is 1. The van der Waals surface area contributed by atoms with Crippen molar-refractivity contribution in [2.75, 3.05) is 13.7 Å². The lowest BCUT2D eigenvalue weighted by Crippen LogP contribution is -2.21. The predicted molar refractivity (Wildman–Crippen MR) is 59.3 cm³/mol. The van der Waals surface area contributed by atoms with Gasteiger partial charge in [0.15, 0.2) is 12.5 Å². The van der Waals surface area contributed by atoms with Crippen LogP contribution in [0.5, 0.6) is 5.75 Å². The Labute approximate surface area is 94.5 Å². The molecule has 16 heavy (non-hydrogen) atoms. The summed E-state index contributed by atoms with van der Waals surface area (Å²) in [5, 5.41) is 9.69. The van der Waals surface area contributed by atoms with Crippen LogP contribution in [-0.4, -0.2) is 25.1 Å². The summed E-state index contributed by atoms with van der Waals surface area (Å²) in [7, 11) is 1.57. The van der Waals surface area contributed by atoms with Gasteiger partial charge < -0.3 is 20.3 Å². The van der Waals surface area contributed by atoms with Crippen LogP contribution in [0.25, 0.3) is 5.57 Å².